The first kappa shape index (κ1) is 16.4. The van der Waals surface area contributed by atoms with Crippen LogP contribution in [0.25, 0.3) is 11.5 Å². The summed E-state index contributed by atoms with van der Waals surface area (Å²) < 4.78 is 37.6. The zero-order valence-electron chi connectivity index (χ0n) is 12.8. The maximum absolute atomic E-state index is 12.2. The maximum atomic E-state index is 12.2. The molecule has 1 heterocycles. The summed E-state index contributed by atoms with van der Waals surface area (Å²) in [4.78, 5) is 4.27. The van der Waals surface area contributed by atoms with Crippen LogP contribution >= 0.6 is 0 Å². The Kier molecular flexibility index (Phi) is 5.15. The van der Waals surface area contributed by atoms with Crippen LogP contribution in [0.2, 0.25) is 0 Å². The number of rotatable bonds is 7. The third kappa shape index (κ3) is 3.63. The van der Waals surface area contributed by atoms with Gasteiger partial charge in [-0.3, -0.25) is 0 Å². The molecular weight excluding hydrogens is 306 g/mol. The molecule has 120 valence electrons. The van der Waals surface area contributed by atoms with Crippen LogP contribution in [0.4, 0.5) is 0 Å². The van der Waals surface area contributed by atoms with E-state index in [4.69, 9.17) is 9.26 Å². The van der Waals surface area contributed by atoms with Crippen LogP contribution in [0.15, 0.2) is 27.6 Å². The Morgan fingerprint density at radius 1 is 1.32 bits per heavy atom. The highest BCUT2D eigenvalue weighted by Crippen LogP contribution is 2.31. The predicted octanol–water partition coefficient (Wildman–Crippen LogP) is 2.13. The van der Waals surface area contributed by atoms with E-state index >= 15 is 0 Å². The molecular formula is C14H19N3O4S. The second-order valence-corrected chi connectivity index (χ2v) is 6.40. The van der Waals surface area contributed by atoms with Gasteiger partial charge in [-0.15, -0.1) is 0 Å². The lowest BCUT2D eigenvalue weighted by atomic mass is 10.2. The van der Waals surface area contributed by atoms with Gasteiger partial charge in [0.15, 0.2) is 5.82 Å². The molecule has 0 radical (unpaired) electrons. The Hall–Kier alpha value is -1.93. The molecule has 2 rings (SSSR count). The largest absolute Gasteiger partial charge is 0.493 e. The summed E-state index contributed by atoms with van der Waals surface area (Å²) in [5, 5.41) is 3.73. The molecule has 1 aromatic carbocycles. The zero-order chi connectivity index (χ0) is 16.2. The van der Waals surface area contributed by atoms with Crippen LogP contribution in [0.5, 0.6) is 5.75 Å². The summed E-state index contributed by atoms with van der Waals surface area (Å²) in [5.74, 6) is 1.20. The van der Waals surface area contributed by atoms with Crippen LogP contribution < -0.4 is 9.46 Å². The van der Waals surface area contributed by atoms with Crippen LogP contribution in [0, 0.1) is 6.92 Å². The van der Waals surface area contributed by atoms with E-state index in [9.17, 15) is 8.42 Å². The third-order valence-corrected chi connectivity index (χ3v) is 4.32. The van der Waals surface area contributed by atoms with E-state index in [2.05, 4.69) is 14.9 Å². The number of aryl methyl sites for hydroxylation is 1. The first-order valence-corrected chi connectivity index (χ1v) is 8.53. The number of sulfonamides is 1. The fourth-order valence-corrected chi connectivity index (χ4v) is 3.01. The van der Waals surface area contributed by atoms with Crippen molar-refractivity contribution in [3.05, 3.63) is 24.0 Å². The van der Waals surface area contributed by atoms with Crippen LogP contribution in [0.1, 0.15) is 26.1 Å². The second-order valence-electron chi connectivity index (χ2n) is 4.64. The minimum absolute atomic E-state index is 0.134. The van der Waals surface area contributed by atoms with Crippen molar-refractivity contribution < 1.29 is 17.7 Å². The van der Waals surface area contributed by atoms with Crippen molar-refractivity contribution in [2.45, 2.75) is 32.1 Å². The quantitative estimate of drug-likeness (QED) is 0.838. The van der Waals surface area contributed by atoms with Gasteiger partial charge in [-0.2, -0.15) is 4.98 Å². The molecule has 0 amide bonds. The fraction of sp³-hybridized carbons (Fsp3) is 0.429. The summed E-state index contributed by atoms with van der Waals surface area (Å²) in [6.45, 7) is 6.26. The predicted molar refractivity (Wildman–Crippen MR) is 81.1 cm³/mol. The lowest BCUT2D eigenvalue weighted by molar-refractivity contribution is 0.339. The van der Waals surface area contributed by atoms with Crippen LogP contribution in [-0.2, 0) is 10.0 Å². The third-order valence-electron chi connectivity index (χ3n) is 2.86. The summed E-state index contributed by atoms with van der Waals surface area (Å²) in [5.41, 5.74) is 0.460. The molecule has 0 saturated heterocycles. The number of benzene rings is 1. The number of ether oxygens (including phenoxy) is 1. The van der Waals surface area contributed by atoms with Gasteiger partial charge < -0.3 is 9.26 Å². The molecule has 7 nitrogen and oxygen atoms in total. The van der Waals surface area contributed by atoms with Gasteiger partial charge in [-0.05, 0) is 38.5 Å². The Bertz CT molecular complexity index is 740. The summed E-state index contributed by atoms with van der Waals surface area (Å²) in [6, 6.07) is 4.57. The average Bonchev–Trinajstić information content (AvgIpc) is 2.92. The first-order chi connectivity index (χ1) is 10.5. The summed E-state index contributed by atoms with van der Waals surface area (Å²) >= 11 is 0. The van der Waals surface area contributed by atoms with Gasteiger partial charge in [0.2, 0.25) is 10.0 Å². The molecule has 1 aromatic heterocycles. The monoisotopic (exact) mass is 325 g/mol. The van der Waals surface area contributed by atoms with Crippen molar-refractivity contribution in [1.82, 2.24) is 14.9 Å². The van der Waals surface area contributed by atoms with Crippen LogP contribution in [0.3, 0.4) is 0 Å². The molecule has 0 spiro atoms. The van der Waals surface area contributed by atoms with Crippen molar-refractivity contribution in [1.29, 1.82) is 0 Å². The van der Waals surface area contributed by atoms with Crippen molar-refractivity contribution in [3.8, 4) is 17.2 Å². The molecule has 0 aliphatic heterocycles. The fourth-order valence-electron chi connectivity index (χ4n) is 1.85. The van der Waals surface area contributed by atoms with Gasteiger partial charge in [0.25, 0.3) is 5.89 Å². The van der Waals surface area contributed by atoms with Crippen molar-refractivity contribution in [3.63, 3.8) is 0 Å². The Morgan fingerprint density at radius 3 is 2.68 bits per heavy atom. The molecule has 2 aromatic rings. The average molecular weight is 325 g/mol. The normalized spacial score (nSPS) is 11.6. The van der Waals surface area contributed by atoms with Gasteiger partial charge in [-0.1, -0.05) is 12.1 Å². The maximum Gasteiger partial charge on any atom is 0.261 e. The number of nitrogens with one attached hydrogen (secondary N) is 1. The van der Waals surface area contributed by atoms with Gasteiger partial charge in [0.1, 0.15) is 5.75 Å². The minimum atomic E-state index is -3.57. The van der Waals surface area contributed by atoms with E-state index in [-0.39, 0.29) is 10.8 Å². The van der Waals surface area contributed by atoms with E-state index in [1.54, 1.807) is 13.0 Å². The van der Waals surface area contributed by atoms with Gasteiger partial charge in [-0.25, -0.2) is 13.1 Å². The molecule has 0 fully saturated rings. The highest BCUT2D eigenvalue weighted by atomic mass is 32.2. The topological polar surface area (TPSA) is 94.3 Å². The lowest BCUT2D eigenvalue weighted by Crippen LogP contribution is -2.24. The van der Waals surface area contributed by atoms with Crippen molar-refractivity contribution in [2.75, 3.05) is 13.2 Å². The highest BCUT2D eigenvalue weighted by Gasteiger charge is 2.19. The SMILES string of the molecule is CCCNS(=O)(=O)c1ccc(OCC)c(-c2nc(C)no2)c1. The van der Waals surface area contributed by atoms with Gasteiger partial charge >= 0.3 is 0 Å². The Morgan fingerprint density at radius 2 is 2.09 bits per heavy atom. The molecule has 0 atom stereocenters. The Balaban J connectivity index is 2.47. The Labute approximate surface area is 129 Å². The molecule has 8 heteroatoms. The minimum Gasteiger partial charge on any atom is -0.493 e. The number of hydrogen-bond donors (Lipinski definition) is 1. The summed E-state index contributed by atoms with van der Waals surface area (Å²) in [6.07, 6.45) is 0.714. The first-order valence-electron chi connectivity index (χ1n) is 7.05. The second kappa shape index (κ2) is 6.89. The van der Waals surface area contributed by atoms with E-state index in [1.165, 1.54) is 12.1 Å². The van der Waals surface area contributed by atoms with Crippen LogP contribution in [-0.4, -0.2) is 31.7 Å². The van der Waals surface area contributed by atoms with E-state index in [0.717, 1.165) is 0 Å². The van der Waals surface area contributed by atoms with E-state index in [0.29, 0.717) is 36.7 Å². The number of aromatic nitrogens is 2. The van der Waals surface area contributed by atoms with E-state index < -0.39 is 10.0 Å². The van der Waals surface area contributed by atoms with Gasteiger partial charge in [0, 0.05) is 6.54 Å². The molecule has 0 aliphatic carbocycles. The van der Waals surface area contributed by atoms with Gasteiger partial charge in [0.05, 0.1) is 17.1 Å². The smallest absolute Gasteiger partial charge is 0.261 e. The molecule has 0 unspecified atom stereocenters. The highest BCUT2D eigenvalue weighted by molar-refractivity contribution is 7.89. The molecule has 1 N–H and O–H groups in total. The molecule has 0 saturated carbocycles. The van der Waals surface area contributed by atoms with Crippen molar-refractivity contribution in [2.24, 2.45) is 0 Å². The molecule has 22 heavy (non-hydrogen) atoms. The number of nitrogens with zero attached hydrogens (tertiary/aromatic N) is 2. The summed E-state index contributed by atoms with van der Waals surface area (Å²) in [7, 11) is -3.57. The molecule has 0 bridgehead atoms. The van der Waals surface area contributed by atoms with Crippen molar-refractivity contribution >= 4 is 10.0 Å². The standard InChI is InChI=1S/C14H19N3O4S/c1-4-8-15-22(18,19)11-6-7-13(20-5-2)12(9-11)14-16-10(3)17-21-14/h6-7,9,15H,4-5,8H2,1-3H3. The zero-order valence-corrected chi connectivity index (χ0v) is 13.6. The number of hydrogen-bond acceptors (Lipinski definition) is 6. The van der Waals surface area contributed by atoms with E-state index in [1.807, 2.05) is 13.8 Å². The lowest BCUT2D eigenvalue weighted by Gasteiger charge is -2.10. The molecule has 0 aliphatic rings.